The first-order valence-electron chi connectivity index (χ1n) is 6.93. The normalized spacial score (nSPS) is 9.20. The Morgan fingerprint density at radius 3 is 2.40 bits per heavy atom. The van der Waals surface area contributed by atoms with Gasteiger partial charge in [0.15, 0.2) is 16.7 Å². The molecule has 1 aromatic carbocycles. The van der Waals surface area contributed by atoms with Crippen molar-refractivity contribution in [3.63, 3.8) is 0 Å². The fourth-order valence-corrected chi connectivity index (χ4v) is 2.50. The second-order valence-corrected chi connectivity index (χ2v) is 5.75. The smallest absolute Gasteiger partial charge is 0.335 e. The number of ether oxygens (including phenoxy) is 1. The van der Waals surface area contributed by atoms with Gasteiger partial charge in [-0.25, -0.2) is 9.97 Å². The average molecular weight is 398 g/mol. The van der Waals surface area contributed by atoms with Crippen LogP contribution in [0.4, 0.5) is 10.9 Å². The highest BCUT2D eigenvalue weighted by atomic mass is 35.5. The minimum absolute atomic E-state index is 0. The number of benzene rings is 1. The van der Waals surface area contributed by atoms with E-state index in [9.17, 15) is 0 Å². The Balaban J connectivity index is 0.000000730. The number of hydrogen-bond acceptors (Lipinski definition) is 7. The van der Waals surface area contributed by atoms with E-state index in [0.717, 1.165) is 16.6 Å². The summed E-state index contributed by atoms with van der Waals surface area (Å²) in [7, 11) is 0. The van der Waals surface area contributed by atoms with E-state index in [1.165, 1.54) is 5.56 Å². The van der Waals surface area contributed by atoms with Crippen LogP contribution in [0.25, 0.3) is 0 Å². The average Bonchev–Trinajstić information content (AvgIpc) is 2.97. The Hall–Kier alpha value is -2.29. The molecule has 0 aliphatic carbocycles. The summed E-state index contributed by atoms with van der Waals surface area (Å²) in [5.74, 6) is 2.12. The zero-order chi connectivity index (χ0) is 17.4. The van der Waals surface area contributed by atoms with Crippen LogP contribution >= 0.6 is 23.7 Å². The van der Waals surface area contributed by atoms with Gasteiger partial charge < -0.3 is 10.1 Å². The maximum absolute atomic E-state index is 8.29. The fraction of sp³-hybridized carbons (Fsp3) is 0.125. The molecule has 3 rings (SSSR count). The number of nitrogens with one attached hydrogen (secondary N) is 1. The molecule has 0 atom stereocenters. The van der Waals surface area contributed by atoms with Crippen molar-refractivity contribution in [1.82, 2.24) is 9.97 Å². The number of anilines is 2. The monoisotopic (exact) mass is 397 g/mol. The highest BCUT2D eigenvalue weighted by Gasteiger charge is 2.08. The Labute approximate surface area is 159 Å². The molecule has 0 saturated carbocycles. The SMILES string of the molecule is Cc1ccc(Oc2cccnc2Nc2nc(C)cs2)cc1.Cl.O=S=O. The summed E-state index contributed by atoms with van der Waals surface area (Å²) in [6.07, 6.45) is 1.73. The molecule has 0 fully saturated rings. The third kappa shape index (κ3) is 6.61. The zero-order valence-electron chi connectivity index (χ0n) is 13.5. The lowest BCUT2D eigenvalue weighted by atomic mass is 10.2. The van der Waals surface area contributed by atoms with Gasteiger partial charge in [0.1, 0.15) is 5.75 Å². The quantitative estimate of drug-likeness (QED) is 0.700. The summed E-state index contributed by atoms with van der Waals surface area (Å²) in [5.41, 5.74) is 2.18. The molecule has 3 aromatic rings. The van der Waals surface area contributed by atoms with Gasteiger partial charge in [-0.15, -0.1) is 23.7 Å². The lowest BCUT2D eigenvalue weighted by molar-refractivity contribution is 0.483. The molecule has 2 heterocycles. The first kappa shape index (κ1) is 20.8. The van der Waals surface area contributed by atoms with Gasteiger partial charge in [0, 0.05) is 11.6 Å². The highest BCUT2D eigenvalue weighted by molar-refractivity contribution is 7.51. The summed E-state index contributed by atoms with van der Waals surface area (Å²) in [6, 6.07) is 11.7. The van der Waals surface area contributed by atoms with Crippen molar-refractivity contribution in [2.24, 2.45) is 0 Å². The number of nitrogens with zero attached hydrogens (tertiary/aromatic N) is 2. The van der Waals surface area contributed by atoms with Crippen molar-refractivity contribution in [3.8, 4) is 11.5 Å². The van der Waals surface area contributed by atoms with Crippen LogP contribution in [0, 0.1) is 13.8 Å². The summed E-state index contributed by atoms with van der Waals surface area (Å²) in [6.45, 7) is 4.01. The van der Waals surface area contributed by atoms with E-state index in [2.05, 4.69) is 15.3 Å². The summed E-state index contributed by atoms with van der Waals surface area (Å²) in [4.78, 5) is 8.71. The molecule has 2 aromatic heterocycles. The van der Waals surface area contributed by atoms with Gasteiger partial charge in [-0.05, 0) is 38.1 Å². The number of pyridine rings is 1. The van der Waals surface area contributed by atoms with Crippen molar-refractivity contribution in [3.05, 3.63) is 59.2 Å². The first-order valence-corrected chi connectivity index (χ1v) is 8.47. The van der Waals surface area contributed by atoms with Crippen LogP contribution in [0.3, 0.4) is 0 Å². The molecule has 6 nitrogen and oxygen atoms in total. The molecule has 0 bridgehead atoms. The van der Waals surface area contributed by atoms with Gasteiger partial charge in [0.2, 0.25) is 0 Å². The van der Waals surface area contributed by atoms with E-state index in [1.54, 1.807) is 17.5 Å². The van der Waals surface area contributed by atoms with Crippen LogP contribution in [-0.2, 0) is 11.6 Å². The van der Waals surface area contributed by atoms with Crippen LogP contribution in [0.1, 0.15) is 11.3 Å². The highest BCUT2D eigenvalue weighted by Crippen LogP contribution is 2.30. The third-order valence-corrected chi connectivity index (χ3v) is 3.74. The Kier molecular flexibility index (Phi) is 8.76. The standard InChI is InChI=1S/C16H15N3OS.ClH.O2S/c1-11-5-7-13(8-6-11)20-14-4-3-9-17-15(14)19-16-18-12(2)10-21-16;;1-3-2/h3-10H,1-2H3,(H,17,18,19);1H;. The summed E-state index contributed by atoms with van der Waals surface area (Å²) < 4.78 is 22.5. The number of rotatable bonds is 4. The zero-order valence-corrected chi connectivity index (χ0v) is 15.9. The maximum atomic E-state index is 8.29. The van der Waals surface area contributed by atoms with Gasteiger partial charge in [-0.3, -0.25) is 0 Å². The Morgan fingerprint density at radius 2 is 1.80 bits per heavy atom. The van der Waals surface area contributed by atoms with Crippen LogP contribution in [0.15, 0.2) is 48.0 Å². The van der Waals surface area contributed by atoms with E-state index in [0.29, 0.717) is 11.6 Å². The minimum atomic E-state index is -0.750. The van der Waals surface area contributed by atoms with E-state index >= 15 is 0 Å². The molecule has 0 spiro atoms. The lowest BCUT2D eigenvalue weighted by Gasteiger charge is -2.10. The molecule has 25 heavy (non-hydrogen) atoms. The van der Waals surface area contributed by atoms with Crippen LogP contribution in [0.5, 0.6) is 11.5 Å². The van der Waals surface area contributed by atoms with Crippen molar-refractivity contribution in [1.29, 1.82) is 0 Å². The largest absolute Gasteiger partial charge is 0.453 e. The molecule has 0 unspecified atom stereocenters. The van der Waals surface area contributed by atoms with Gasteiger partial charge in [-0.2, -0.15) is 8.42 Å². The summed E-state index contributed by atoms with van der Waals surface area (Å²) >= 11 is 0.794. The van der Waals surface area contributed by atoms with Crippen molar-refractivity contribution < 1.29 is 13.2 Å². The second kappa shape index (κ2) is 10.5. The first-order chi connectivity index (χ1) is 11.6. The van der Waals surface area contributed by atoms with Crippen molar-refractivity contribution in [2.45, 2.75) is 13.8 Å². The van der Waals surface area contributed by atoms with Crippen LogP contribution < -0.4 is 10.1 Å². The maximum Gasteiger partial charge on any atom is 0.335 e. The topological polar surface area (TPSA) is 81.2 Å². The second-order valence-electron chi connectivity index (χ2n) is 4.75. The Morgan fingerprint density at radius 1 is 1.12 bits per heavy atom. The lowest BCUT2D eigenvalue weighted by Crippen LogP contribution is -1.96. The molecule has 1 N–H and O–H groups in total. The van der Waals surface area contributed by atoms with Crippen LogP contribution in [-0.4, -0.2) is 18.4 Å². The number of aryl methyl sites for hydroxylation is 2. The van der Waals surface area contributed by atoms with Gasteiger partial charge in [0.05, 0.1) is 5.69 Å². The van der Waals surface area contributed by atoms with E-state index in [4.69, 9.17) is 13.2 Å². The predicted molar refractivity (Wildman–Crippen MR) is 102 cm³/mol. The number of halogens is 1. The van der Waals surface area contributed by atoms with Gasteiger partial charge in [-0.1, -0.05) is 17.7 Å². The number of hydrogen-bond donors (Lipinski definition) is 1. The molecule has 132 valence electrons. The van der Waals surface area contributed by atoms with E-state index in [-0.39, 0.29) is 12.4 Å². The van der Waals surface area contributed by atoms with Gasteiger partial charge >= 0.3 is 11.6 Å². The number of aromatic nitrogens is 2. The molecule has 0 aliphatic rings. The summed E-state index contributed by atoms with van der Waals surface area (Å²) in [5, 5.41) is 5.99. The molecule has 0 amide bonds. The van der Waals surface area contributed by atoms with Crippen LogP contribution in [0.2, 0.25) is 0 Å². The predicted octanol–water partition coefficient (Wildman–Crippen LogP) is 4.44. The molecule has 9 heteroatoms. The van der Waals surface area contributed by atoms with Crippen molar-refractivity contribution >= 4 is 46.3 Å². The number of thiazole rings is 1. The molecule has 0 saturated heterocycles. The Bertz CT molecular complexity index is 835. The van der Waals surface area contributed by atoms with E-state index in [1.807, 2.05) is 55.6 Å². The minimum Gasteiger partial charge on any atom is -0.453 e. The molecule has 0 radical (unpaired) electrons. The van der Waals surface area contributed by atoms with Gasteiger partial charge in [0.25, 0.3) is 0 Å². The molecular weight excluding hydrogens is 382 g/mol. The van der Waals surface area contributed by atoms with Crippen molar-refractivity contribution in [2.75, 3.05) is 5.32 Å². The van der Waals surface area contributed by atoms with E-state index < -0.39 is 11.6 Å². The third-order valence-electron chi connectivity index (χ3n) is 2.86. The fourth-order valence-electron chi connectivity index (χ4n) is 1.81. The molecule has 0 aliphatic heterocycles. The molecular formula is C16H16ClN3O3S2.